The highest BCUT2D eigenvalue weighted by Gasteiger charge is 2.22. The minimum Gasteiger partial charge on any atom is -0.497 e. The number of nitrogens with zero attached hydrogens (tertiary/aromatic N) is 1. The van der Waals surface area contributed by atoms with E-state index in [0.29, 0.717) is 12.0 Å². The van der Waals surface area contributed by atoms with E-state index in [9.17, 15) is 14.4 Å². The van der Waals surface area contributed by atoms with Crippen LogP contribution in [0.1, 0.15) is 23.7 Å². The Bertz CT molecular complexity index is 817. The molecule has 0 aliphatic rings. The third kappa shape index (κ3) is 5.31. The quantitative estimate of drug-likeness (QED) is 0.781. The van der Waals surface area contributed by atoms with E-state index in [4.69, 9.17) is 9.84 Å². The summed E-state index contributed by atoms with van der Waals surface area (Å²) in [6, 6.07) is 13.6. The second kappa shape index (κ2) is 9.38. The molecule has 0 saturated heterocycles. The zero-order chi connectivity index (χ0) is 19.8. The van der Waals surface area contributed by atoms with E-state index >= 15 is 0 Å². The number of carboxylic acids is 1. The van der Waals surface area contributed by atoms with Gasteiger partial charge in [0.25, 0.3) is 5.91 Å². The number of nitrogens with one attached hydrogen (secondary N) is 1. The van der Waals surface area contributed by atoms with E-state index in [1.54, 1.807) is 25.3 Å². The van der Waals surface area contributed by atoms with Gasteiger partial charge in [0.2, 0.25) is 0 Å². The molecule has 0 aliphatic heterocycles. The highest BCUT2D eigenvalue weighted by atomic mass is 16.5. The van der Waals surface area contributed by atoms with Crippen LogP contribution in [0, 0.1) is 0 Å². The number of aliphatic carboxylic acids is 1. The Morgan fingerprint density at radius 3 is 2.37 bits per heavy atom. The molecule has 3 amide bonds. The van der Waals surface area contributed by atoms with E-state index in [1.807, 2.05) is 37.3 Å². The van der Waals surface area contributed by atoms with Crippen molar-refractivity contribution >= 4 is 17.9 Å². The van der Waals surface area contributed by atoms with Crippen molar-refractivity contribution in [3.8, 4) is 16.9 Å². The molecule has 0 saturated carbocycles. The first-order chi connectivity index (χ1) is 13.0. The minimum absolute atomic E-state index is 0.192. The number of hydrogen-bond acceptors (Lipinski definition) is 4. The maximum atomic E-state index is 12.8. The number of carbonyl (C=O) groups is 3. The van der Waals surface area contributed by atoms with Crippen LogP contribution >= 0.6 is 0 Å². The second-order valence-corrected chi connectivity index (χ2v) is 5.82. The van der Waals surface area contributed by atoms with Gasteiger partial charge in [-0.3, -0.25) is 14.5 Å². The van der Waals surface area contributed by atoms with Crippen LogP contribution in [0.25, 0.3) is 11.1 Å². The summed E-state index contributed by atoms with van der Waals surface area (Å²) in [7, 11) is 1.59. The average molecular weight is 370 g/mol. The first-order valence-corrected chi connectivity index (χ1v) is 8.52. The van der Waals surface area contributed by atoms with Crippen LogP contribution in [0.3, 0.4) is 0 Å². The molecule has 2 aromatic carbocycles. The molecule has 0 radical (unpaired) electrons. The number of carbonyl (C=O) groups excluding carboxylic acids is 2. The smallest absolute Gasteiger partial charge is 0.324 e. The molecule has 0 spiro atoms. The number of ether oxygens (including phenoxy) is 1. The lowest BCUT2D eigenvalue weighted by Gasteiger charge is -2.20. The summed E-state index contributed by atoms with van der Waals surface area (Å²) in [4.78, 5) is 36.7. The molecule has 7 nitrogen and oxygen atoms in total. The van der Waals surface area contributed by atoms with Crippen LogP contribution in [-0.2, 0) is 4.79 Å². The number of carboxylic acid groups (broad SMARTS) is 1. The van der Waals surface area contributed by atoms with Gasteiger partial charge in [-0.1, -0.05) is 31.2 Å². The fourth-order valence-electron chi connectivity index (χ4n) is 2.54. The van der Waals surface area contributed by atoms with Gasteiger partial charge >= 0.3 is 12.0 Å². The van der Waals surface area contributed by atoms with Gasteiger partial charge < -0.3 is 15.2 Å². The fourth-order valence-corrected chi connectivity index (χ4v) is 2.54. The summed E-state index contributed by atoms with van der Waals surface area (Å²) in [5, 5.41) is 10.9. The SMILES string of the molecule is CCCN(C(=O)NCC(=O)O)C(=O)c1cccc(-c2ccc(OC)cc2)c1. The van der Waals surface area contributed by atoms with Crippen molar-refractivity contribution < 1.29 is 24.2 Å². The Kier molecular flexibility index (Phi) is 6.93. The average Bonchev–Trinajstić information content (AvgIpc) is 2.70. The zero-order valence-corrected chi connectivity index (χ0v) is 15.3. The summed E-state index contributed by atoms with van der Waals surface area (Å²) >= 11 is 0. The molecule has 0 aromatic heterocycles. The highest BCUT2D eigenvalue weighted by molar-refractivity contribution is 6.05. The summed E-state index contributed by atoms with van der Waals surface area (Å²) in [5.41, 5.74) is 2.08. The molecule has 7 heteroatoms. The number of amides is 3. The molecular weight excluding hydrogens is 348 g/mol. The Labute approximate surface area is 157 Å². The molecular formula is C20H22N2O5. The van der Waals surface area contributed by atoms with Crippen LogP contribution in [0.4, 0.5) is 4.79 Å². The topological polar surface area (TPSA) is 95.9 Å². The van der Waals surface area contributed by atoms with Crippen molar-refractivity contribution in [1.82, 2.24) is 10.2 Å². The normalized spacial score (nSPS) is 10.1. The molecule has 2 rings (SSSR count). The van der Waals surface area contributed by atoms with Gasteiger partial charge in [0, 0.05) is 12.1 Å². The monoisotopic (exact) mass is 370 g/mol. The Morgan fingerprint density at radius 2 is 1.78 bits per heavy atom. The molecule has 142 valence electrons. The van der Waals surface area contributed by atoms with Crippen LogP contribution in [0.15, 0.2) is 48.5 Å². The predicted octanol–water partition coefficient (Wildman–Crippen LogP) is 3.01. The van der Waals surface area contributed by atoms with Crippen molar-refractivity contribution in [1.29, 1.82) is 0 Å². The van der Waals surface area contributed by atoms with E-state index in [2.05, 4.69) is 5.32 Å². The van der Waals surface area contributed by atoms with E-state index in [1.165, 1.54) is 0 Å². The van der Waals surface area contributed by atoms with Crippen molar-refractivity contribution in [2.24, 2.45) is 0 Å². The molecule has 2 N–H and O–H groups in total. The first kappa shape index (κ1) is 20.0. The Morgan fingerprint density at radius 1 is 1.07 bits per heavy atom. The van der Waals surface area contributed by atoms with Gasteiger partial charge in [0.15, 0.2) is 0 Å². The van der Waals surface area contributed by atoms with Crippen LogP contribution in [0.2, 0.25) is 0 Å². The third-order valence-corrected chi connectivity index (χ3v) is 3.86. The number of urea groups is 1. The number of hydrogen-bond donors (Lipinski definition) is 2. The van der Waals surface area contributed by atoms with Gasteiger partial charge in [-0.25, -0.2) is 4.79 Å². The van der Waals surface area contributed by atoms with Crippen molar-refractivity contribution in [3.63, 3.8) is 0 Å². The Hall–Kier alpha value is -3.35. The molecule has 27 heavy (non-hydrogen) atoms. The van der Waals surface area contributed by atoms with Crippen molar-refractivity contribution in [3.05, 3.63) is 54.1 Å². The Balaban J connectivity index is 2.24. The van der Waals surface area contributed by atoms with E-state index in [0.717, 1.165) is 21.8 Å². The lowest BCUT2D eigenvalue weighted by Crippen LogP contribution is -2.45. The van der Waals surface area contributed by atoms with Crippen LogP contribution < -0.4 is 10.1 Å². The maximum Gasteiger partial charge on any atom is 0.324 e. The van der Waals surface area contributed by atoms with Gasteiger partial charge in [0.05, 0.1) is 7.11 Å². The largest absolute Gasteiger partial charge is 0.497 e. The highest BCUT2D eigenvalue weighted by Crippen LogP contribution is 2.23. The maximum absolute atomic E-state index is 12.8. The molecule has 0 unspecified atom stereocenters. The summed E-state index contributed by atoms with van der Waals surface area (Å²) in [6.45, 7) is 1.48. The molecule has 0 bridgehead atoms. The van der Waals surface area contributed by atoms with Gasteiger partial charge in [-0.15, -0.1) is 0 Å². The standard InChI is InChI=1S/C20H22N2O5/c1-3-11-22(20(26)21-13-18(23)24)19(25)16-6-4-5-15(12-16)14-7-9-17(27-2)10-8-14/h4-10,12H,3,11,13H2,1-2H3,(H,21,26)(H,23,24). The summed E-state index contributed by atoms with van der Waals surface area (Å²) in [5.74, 6) is -0.918. The predicted molar refractivity (Wildman–Crippen MR) is 101 cm³/mol. The second-order valence-electron chi connectivity index (χ2n) is 5.82. The fraction of sp³-hybridized carbons (Fsp3) is 0.250. The summed E-state index contributed by atoms with van der Waals surface area (Å²) < 4.78 is 5.14. The van der Waals surface area contributed by atoms with Crippen LogP contribution in [-0.4, -0.2) is 48.1 Å². The number of imide groups is 1. The van der Waals surface area contributed by atoms with E-state index in [-0.39, 0.29) is 6.54 Å². The minimum atomic E-state index is -1.17. The molecule has 0 heterocycles. The molecule has 2 aromatic rings. The van der Waals surface area contributed by atoms with Gasteiger partial charge in [-0.2, -0.15) is 0 Å². The zero-order valence-electron chi connectivity index (χ0n) is 15.3. The lowest BCUT2D eigenvalue weighted by atomic mass is 10.0. The third-order valence-electron chi connectivity index (χ3n) is 3.86. The summed E-state index contributed by atoms with van der Waals surface area (Å²) in [6.07, 6.45) is 0.560. The number of rotatable bonds is 7. The van der Waals surface area contributed by atoms with Crippen molar-refractivity contribution in [2.75, 3.05) is 20.2 Å². The molecule has 0 atom stereocenters. The number of benzene rings is 2. The van der Waals surface area contributed by atoms with Crippen LogP contribution in [0.5, 0.6) is 5.75 Å². The van der Waals surface area contributed by atoms with Gasteiger partial charge in [0.1, 0.15) is 12.3 Å². The number of methoxy groups -OCH3 is 1. The molecule has 0 aliphatic carbocycles. The van der Waals surface area contributed by atoms with Crippen molar-refractivity contribution in [2.45, 2.75) is 13.3 Å². The molecule has 0 fully saturated rings. The lowest BCUT2D eigenvalue weighted by molar-refractivity contribution is -0.135. The van der Waals surface area contributed by atoms with E-state index < -0.39 is 24.5 Å². The first-order valence-electron chi connectivity index (χ1n) is 8.52. The van der Waals surface area contributed by atoms with Gasteiger partial charge in [-0.05, 0) is 41.8 Å².